The number of ether oxygens (including phenoxy) is 1. The van der Waals surface area contributed by atoms with Crippen molar-refractivity contribution in [1.82, 2.24) is 5.32 Å². The smallest absolute Gasteiger partial charge is 0.319 e. The standard InChI is InChI=1S/C22H16BrN3O3/c23-19-7-8-20(17(11-19)10-18(12-24)21(27)26-22(25)28)29-13-14-5-6-15-3-1-2-4-16(15)9-14/h1-11H,13H2,(H3,25,26,27,28)/b18-10-. The van der Waals surface area contributed by atoms with Gasteiger partial charge in [-0.05, 0) is 46.7 Å². The van der Waals surface area contributed by atoms with Gasteiger partial charge in [0.15, 0.2) is 0 Å². The quantitative estimate of drug-likeness (QED) is 0.447. The average molecular weight is 450 g/mol. The van der Waals surface area contributed by atoms with Crippen LogP contribution >= 0.6 is 15.9 Å². The number of hydrogen-bond acceptors (Lipinski definition) is 4. The van der Waals surface area contributed by atoms with Crippen molar-refractivity contribution >= 4 is 44.7 Å². The molecule has 144 valence electrons. The zero-order valence-electron chi connectivity index (χ0n) is 15.2. The maximum atomic E-state index is 11.9. The van der Waals surface area contributed by atoms with E-state index in [1.165, 1.54) is 6.08 Å². The molecule has 0 heterocycles. The number of imide groups is 1. The Morgan fingerprint density at radius 1 is 1.10 bits per heavy atom. The highest BCUT2D eigenvalue weighted by Crippen LogP contribution is 2.27. The topological polar surface area (TPSA) is 105 Å². The molecule has 0 spiro atoms. The number of hydrogen-bond donors (Lipinski definition) is 2. The number of amides is 3. The van der Waals surface area contributed by atoms with Crippen molar-refractivity contribution < 1.29 is 14.3 Å². The van der Waals surface area contributed by atoms with Gasteiger partial charge in [0, 0.05) is 10.0 Å². The predicted octanol–water partition coefficient (Wildman–Crippen LogP) is 4.28. The molecule has 0 fully saturated rings. The maximum Gasteiger partial charge on any atom is 0.319 e. The van der Waals surface area contributed by atoms with Gasteiger partial charge in [-0.1, -0.05) is 52.3 Å². The minimum absolute atomic E-state index is 0.266. The van der Waals surface area contributed by atoms with E-state index in [0.717, 1.165) is 20.8 Å². The normalized spacial score (nSPS) is 11.0. The number of fused-ring (bicyclic) bond motifs is 1. The highest BCUT2D eigenvalue weighted by atomic mass is 79.9. The van der Waals surface area contributed by atoms with Gasteiger partial charge in [0.25, 0.3) is 5.91 Å². The number of carbonyl (C=O) groups excluding carboxylic acids is 2. The van der Waals surface area contributed by atoms with Crippen LogP contribution in [0.25, 0.3) is 16.8 Å². The molecule has 6 nitrogen and oxygen atoms in total. The van der Waals surface area contributed by atoms with Gasteiger partial charge in [0.05, 0.1) is 0 Å². The van der Waals surface area contributed by atoms with Gasteiger partial charge in [-0.3, -0.25) is 10.1 Å². The third-order valence-electron chi connectivity index (χ3n) is 4.08. The van der Waals surface area contributed by atoms with Crippen LogP contribution in [-0.2, 0) is 11.4 Å². The number of nitrogens with two attached hydrogens (primary N) is 1. The van der Waals surface area contributed by atoms with Crippen molar-refractivity contribution in [3.63, 3.8) is 0 Å². The van der Waals surface area contributed by atoms with E-state index in [4.69, 9.17) is 10.5 Å². The Kier molecular flexibility index (Phi) is 6.27. The van der Waals surface area contributed by atoms with Crippen molar-refractivity contribution in [2.75, 3.05) is 0 Å². The Bertz CT molecular complexity index is 1170. The molecule has 0 aliphatic carbocycles. The van der Waals surface area contributed by atoms with Gasteiger partial charge in [-0.25, -0.2) is 4.79 Å². The maximum absolute atomic E-state index is 11.9. The van der Waals surface area contributed by atoms with Gasteiger partial charge in [0.2, 0.25) is 0 Å². The first-order chi connectivity index (χ1) is 14.0. The number of nitrogens with zero attached hydrogens (tertiary/aromatic N) is 1. The third kappa shape index (κ3) is 5.21. The van der Waals surface area contributed by atoms with E-state index in [1.807, 2.05) is 47.8 Å². The SMILES string of the molecule is N#C/C(=C/c1cc(Br)ccc1OCc1ccc2ccccc2c1)C(=O)NC(N)=O. The molecule has 3 amide bonds. The molecule has 3 aromatic rings. The molecule has 0 saturated carbocycles. The van der Waals surface area contributed by atoms with Crippen molar-refractivity contribution in [2.24, 2.45) is 5.73 Å². The predicted molar refractivity (Wildman–Crippen MR) is 114 cm³/mol. The third-order valence-corrected chi connectivity index (χ3v) is 4.57. The van der Waals surface area contributed by atoms with Gasteiger partial charge in [0.1, 0.15) is 24.0 Å². The Hall–Kier alpha value is -3.63. The monoisotopic (exact) mass is 449 g/mol. The van der Waals surface area contributed by atoms with Crippen molar-refractivity contribution in [2.45, 2.75) is 6.61 Å². The number of benzene rings is 3. The van der Waals surface area contributed by atoms with Crippen LogP contribution < -0.4 is 15.8 Å². The Labute approximate surface area is 175 Å². The van der Waals surface area contributed by atoms with Crippen LogP contribution in [0.4, 0.5) is 4.79 Å². The largest absolute Gasteiger partial charge is 0.488 e. The molecule has 7 heteroatoms. The fourth-order valence-electron chi connectivity index (χ4n) is 2.74. The van der Waals surface area contributed by atoms with Gasteiger partial charge in [-0.15, -0.1) is 0 Å². The molecule has 3 aromatic carbocycles. The van der Waals surface area contributed by atoms with Crippen LogP contribution in [0.15, 0.2) is 70.7 Å². The van der Waals surface area contributed by atoms with Crippen molar-refractivity contribution in [3.8, 4) is 11.8 Å². The molecule has 0 saturated heterocycles. The number of carbonyl (C=O) groups is 2. The average Bonchev–Trinajstić information content (AvgIpc) is 2.70. The summed E-state index contributed by atoms with van der Waals surface area (Å²) >= 11 is 3.37. The first-order valence-electron chi connectivity index (χ1n) is 8.59. The van der Waals surface area contributed by atoms with Gasteiger partial charge < -0.3 is 10.5 Å². The number of primary amides is 1. The summed E-state index contributed by atoms with van der Waals surface area (Å²) in [6, 6.07) is 20.1. The lowest BCUT2D eigenvalue weighted by molar-refractivity contribution is -0.115. The van der Waals surface area contributed by atoms with E-state index < -0.39 is 11.9 Å². The van der Waals surface area contributed by atoms with Crippen molar-refractivity contribution in [3.05, 3.63) is 81.8 Å². The number of nitrogens with one attached hydrogen (secondary N) is 1. The van der Waals surface area contributed by atoms with Crippen LogP contribution in [0.3, 0.4) is 0 Å². The summed E-state index contributed by atoms with van der Waals surface area (Å²) < 4.78 is 6.68. The summed E-state index contributed by atoms with van der Waals surface area (Å²) in [5.74, 6) is -0.388. The van der Waals surface area contributed by atoms with E-state index in [1.54, 1.807) is 24.3 Å². The van der Waals surface area contributed by atoms with Crippen LogP contribution in [0.2, 0.25) is 0 Å². The highest BCUT2D eigenvalue weighted by molar-refractivity contribution is 9.10. The lowest BCUT2D eigenvalue weighted by Crippen LogP contribution is -2.35. The molecular formula is C22H16BrN3O3. The molecule has 29 heavy (non-hydrogen) atoms. The highest BCUT2D eigenvalue weighted by Gasteiger charge is 2.13. The first kappa shape index (κ1) is 20.1. The van der Waals surface area contributed by atoms with E-state index >= 15 is 0 Å². The zero-order chi connectivity index (χ0) is 20.8. The molecule has 0 aliphatic heterocycles. The summed E-state index contributed by atoms with van der Waals surface area (Å²) in [4.78, 5) is 22.8. The van der Waals surface area contributed by atoms with E-state index in [-0.39, 0.29) is 5.57 Å². The lowest BCUT2D eigenvalue weighted by Gasteiger charge is -2.11. The first-order valence-corrected chi connectivity index (χ1v) is 9.38. The van der Waals surface area contributed by atoms with Crippen molar-refractivity contribution in [1.29, 1.82) is 5.26 Å². The Morgan fingerprint density at radius 2 is 1.86 bits per heavy atom. The number of nitriles is 1. The minimum Gasteiger partial charge on any atom is -0.488 e. The second kappa shape index (κ2) is 9.04. The molecule has 0 aliphatic rings. The summed E-state index contributed by atoms with van der Waals surface area (Å²) in [6.07, 6.45) is 1.35. The summed E-state index contributed by atoms with van der Waals surface area (Å²) in [5.41, 5.74) is 6.17. The molecule has 3 rings (SSSR count). The number of halogens is 1. The van der Waals surface area contributed by atoms with Crippen LogP contribution in [0, 0.1) is 11.3 Å². The van der Waals surface area contributed by atoms with Crippen LogP contribution in [0.5, 0.6) is 5.75 Å². The lowest BCUT2D eigenvalue weighted by atomic mass is 10.1. The second-order valence-electron chi connectivity index (χ2n) is 6.14. The fraction of sp³-hybridized carbons (Fsp3) is 0.0455. The summed E-state index contributed by atoms with van der Waals surface area (Å²) in [7, 11) is 0. The van der Waals surface area contributed by atoms with Gasteiger partial charge in [-0.2, -0.15) is 5.26 Å². The molecule has 0 bridgehead atoms. The van der Waals surface area contributed by atoms with E-state index in [9.17, 15) is 14.9 Å². The number of urea groups is 1. The second-order valence-corrected chi connectivity index (χ2v) is 7.06. The Morgan fingerprint density at radius 3 is 2.59 bits per heavy atom. The van der Waals surface area contributed by atoms with Crippen LogP contribution in [-0.4, -0.2) is 11.9 Å². The van der Waals surface area contributed by atoms with E-state index in [2.05, 4.69) is 15.9 Å². The molecule has 3 N–H and O–H groups in total. The molecule has 0 atom stereocenters. The number of rotatable bonds is 5. The summed E-state index contributed by atoms with van der Waals surface area (Å²) in [6.45, 7) is 0.308. The molecular weight excluding hydrogens is 434 g/mol. The zero-order valence-corrected chi connectivity index (χ0v) is 16.8. The molecule has 0 unspecified atom stereocenters. The van der Waals surface area contributed by atoms with Crippen LogP contribution in [0.1, 0.15) is 11.1 Å². The molecule has 0 radical (unpaired) electrons. The Balaban J connectivity index is 1.86. The van der Waals surface area contributed by atoms with E-state index in [0.29, 0.717) is 17.9 Å². The van der Waals surface area contributed by atoms with Gasteiger partial charge >= 0.3 is 6.03 Å². The fourth-order valence-corrected chi connectivity index (χ4v) is 3.12. The molecule has 0 aromatic heterocycles. The summed E-state index contributed by atoms with van der Waals surface area (Å²) in [5, 5.41) is 13.4. The minimum atomic E-state index is -1.03.